The zero-order valence-corrected chi connectivity index (χ0v) is 12.4. The zero-order chi connectivity index (χ0) is 14.1. The van der Waals surface area contributed by atoms with Gasteiger partial charge in [-0.25, -0.2) is 0 Å². The molecule has 1 aliphatic heterocycles. The molecule has 1 N–H and O–H groups in total. The Morgan fingerprint density at radius 2 is 1.68 bits per heavy atom. The van der Waals surface area contributed by atoms with Crippen LogP contribution in [0.1, 0.15) is 33.1 Å². The summed E-state index contributed by atoms with van der Waals surface area (Å²) in [7, 11) is 2.08. The molecular formula is C17H27NO. The Balaban J connectivity index is 2.38. The number of hydrogen-bond donors (Lipinski definition) is 1. The van der Waals surface area contributed by atoms with Crippen LogP contribution in [0.3, 0.4) is 0 Å². The van der Waals surface area contributed by atoms with Crippen molar-refractivity contribution >= 4 is 0 Å². The predicted octanol–water partition coefficient (Wildman–Crippen LogP) is 3.46. The summed E-state index contributed by atoms with van der Waals surface area (Å²) in [6.07, 6.45) is 19.5. The minimum absolute atomic E-state index is 0.182. The molecule has 0 saturated carbocycles. The van der Waals surface area contributed by atoms with E-state index in [4.69, 9.17) is 0 Å². The lowest BCUT2D eigenvalue weighted by Crippen LogP contribution is -2.48. The standard InChI is InChI=1S/C17H27NO/c1-4-5-6-7-8-9-10-11-12-16-13-14-17(19)15(2)18(16)3/h5-12,15-17,19H,4,13-14H2,1-3H3/b6-5+,8-7+,10-9+,12-11+/t15-,16+,17-/m1/s1. The smallest absolute Gasteiger partial charge is 0.0693 e. The van der Waals surface area contributed by atoms with E-state index >= 15 is 0 Å². The lowest BCUT2D eigenvalue weighted by Gasteiger charge is -2.39. The number of piperidine rings is 1. The predicted molar refractivity (Wildman–Crippen MR) is 83.1 cm³/mol. The van der Waals surface area contributed by atoms with E-state index in [-0.39, 0.29) is 12.1 Å². The Morgan fingerprint density at radius 3 is 2.37 bits per heavy atom. The molecule has 1 aliphatic rings. The summed E-state index contributed by atoms with van der Waals surface area (Å²) in [5.41, 5.74) is 0. The molecule has 1 heterocycles. The van der Waals surface area contributed by atoms with Crippen molar-refractivity contribution in [2.75, 3.05) is 7.05 Å². The van der Waals surface area contributed by atoms with Crippen LogP contribution in [0, 0.1) is 0 Å². The minimum Gasteiger partial charge on any atom is -0.392 e. The molecule has 1 rings (SSSR count). The number of hydrogen-bond acceptors (Lipinski definition) is 2. The third-order valence-electron chi connectivity index (χ3n) is 3.74. The van der Waals surface area contributed by atoms with E-state index in [1.54, 1.807) is 0 Å². The van der Waals surface area contributed by atoms with Gasteiger partial charge in [-0.15, -0.1) is 0 Å². The number of nitrogens with zero attached hydrogens (tertiary/aromatic N) is 1. The number of allylic oxidation sites excluding steroid dienone is 7. The normalized spacial score (nSPS) is 30.4. The highest BCUT2D eigenvalue weighted by Crippen LogP contribution is 2.22. The first-order chi connectivity index (χ1) is 9.16. The molecule has 0 radical (unpaired) electrons. The van der Waals surface area contributed by atoms with E-state index in [0.29, 0.717) is 6.04 Å². The lowest BCUT2D eigenvalue weighted by atomic mass is 9.94. The van der Waals surface area contributed by atoms with Gasteiger partial charge in [0.25, 0.3) is 0 Å². The molecule has 19 heavy (non-hydrogen) atoms. The summed E-state index contributed by atoms with van der Waals surface area (Å²) in [6, 6.07) is 0.679. The van der Waals surface area contributed by atoms with E-state index in [0.717, 1.165) is 19.3 Å². The topological polar surface area (TPSA) is 23.5 Å². The monoisotopic (exact) mass is 261 g/mol. The minimum atomic E-state index is -0.182. The zero-order valence-electron chi connectivity index (χ0n) is 12.4. The van der Waals surface area contributed by atoms with Crippen LogP contribution in [0.25, 0.3) is 0 Å². The Hall–Kier alpha value is -1.12. The molecule has 106 valence electrons. The van der Waals surface area contributed by atoms with Crippen LogP contribution >= 0.6 is 0 Å². The Bertz CT molecular complexity index is 354. The number of likely N-dealkylation sites (tertiary alicyclic amines) is 1. The van der Waals surface area contributed by atoms with Crippen LogP contribution < -0.4 is 0 Å². The van der Waals surface area contributed by atoms with E-state index in [2.05, 4.69) is 56.2 Å². The van der Waals surface area contributed by atoms with Crippen LogP contribution in [0.4, 0.5) is 0 Å². The summed E-state index contributed by atoms with van der Waals surface area (Å²) >= 11 is 0. The first kappa shape index (κ1) is 15.9. The van der Waals surface area contributed by atoms with Crippen LogP contribution in [0.5, 0.6) is 0 Å². The highest BCUT2D eigenvalue weighted by molar-refractivity contribution is 5.16. The van der Waals surface area contributed by atoms with Crippen molar-refractivity contribution in [3.63, 3.8) is 0 Å². The van der Waals surface area contributed by atoms with Crippen molar-refractivity contribution in [2.45, 2.75) is 51.3 Å². The number of aliphatic hydroxyl groups is 1. The molecule has 0 spiro atoms. The molecule has 1 fully saturated rings. The van der Waals surface area contributed by atoms with Crippen molar-refractivity contribution in [3.8, 4) is 0 Å². The number of likely N-dealkylation sites (N-methyl/N-ethyl adjacent to an activating group) is 1. The fraction of sp³-hybridized carbons (Fsp3) is 0.529. The molecule has 2 nitrogen and oxygen atoms in total. The number of rotatable bonds is 5. The summed E-state index contributed by atoms with van der Waals surface area (Å²) in [6.45, 7) is 4.21. The quantitative estimate of drug-likeness (QED) is 0.766. The molecular weight excluding hydrogens is 234 g/mol. The summed E-state index contributed by atoms with van der Waals surface area (Å²) in [5.74, 6) is 0. The average molecular weight is 261 g/mol. The molecule has 1 saturated heterocycles. The van der Waals surface area contributed by atoms with Gasteiger partial charge in [0.1, 0.15) is 0 Å². The lowest BCUT2D eigenvalue weighted by molar-refractivity contribution is 0.0153. The summed E-state index contributed by atoms with van der Waals surface area (Å²) < 4.78 is 0. The fourth-order valence-electron chi connectivity index (χ4n) is 2.26. The van der Waals surface area contributed by atoms with E-state index in [1.807, 2.05) is 18.2 Å². The number of aliphatic hydroxyl groups excluding tert-OH is 1. The van der Waals surface area contributed by atoms with Crippen molar-refractivity contribution in [1.29, 1.82) is 0 Å². The molecule has 2 heteroatoms. The van der Waals surface area contributed by atoms with Gasteiger partial charge in [0, 0.05) is 12.1 Å². The van der Waals surface area contributed by atoms with Gasteiger partial charge in [0.15, 0.2) is 0 Å². The second-order valence-corrected chi connectivity index (χ2v) is 5.11. The summed E-state index contributed by atoms with van der Waals surface area (Å²) in [4.78, 5) is 2.25. The van der Waals surface area contributed by atoms with Crippen LogP contribution in [-0.2, 0) is 0 Å². The molecule has 0 aliphatic carbocycles. The largest absolute Gasteiger partial charge is 0.392 e. The maximum absolute atomic E-state index is 9.78. The first-order valence-electron chi connectivity index (χ1n) is 7.23. The van der Waals surface area contributed by atoms with Crippen LogP contribution in [0.15, 0.2) is 48.6 Å². The van der Waals surface area contributed by atoms with Crippen molar-refractivity contribution in [2.24, 2.45) is 0 Å². The van der Waals surface area contributed by atoms with Gasteiger partial charge in [-0.1, -0.05) is 55.5 Å². The van der Waals surface area contributed by atoms with Crippen LogP contribution in [0.2, 0.25) is 0 Å². The van der Waals surface area contributed by atoms with Gasteiger partial charge >= 0.3 is 0 Å². The van der Waals surface area contributed by atoms with E-state index in [9.17, 15) is 5.11 Å². The van der Waals surface area contributed by atoms with Gasteiger partial charge in [-0.05, 0) is 33.2 Å². The second kappa shape index (κ2) is 8.89. The third-order valence-corrected chi connectivity index (χ3v) is 3.74. The van der Waals surface area contributed by atoms with Gasteiger partial charge in [0.2, 0.25) is 0 Å². The van der Waals surface area contributed by atoms with Crippen molar-refractivity contribution in [1.82, 2.24) is 4.90 Å². The van der Waals surface area contributed by atoms with E-state index < -0.39 is 0 Å². The van der Waals surface area contributed by atoms with E-state index in [1.165, 1.54) is 0 Å². The Labute approximate surface area is 117 Å². The van der Waals surface area contributed by atoms with Gasteiger partial charge < -0.3 is 5.11 Å². The Kier molecular flexibility index (Phi) is 7.46. The van der Waals surface area contributed by atoms with Crippen LogP contribution in [-0.4, -0.2) is 35.2 Å². The first-order valence-corrected chi connectivity index (χ1v) is 7.23. The highest BCUT2D eigenvalue weighted by atomic mass is 16.3. The highest BCUT2D eigenvalue weighted by Gasteiger charge is 2.28. The maximum Gasteiger partial charge on any atom is 0.0693 e. The van der Waals surface area contributed by atoms with Crippen molar-refractivity contribution in [3.05, 3.63) is 48.6 Å². The molecule has 3 atom stereocenters. The molecule has 0 aromatic heterocycles. The van der Waals surface area contributed by atoms with Gasteiger partial charge in [0.05, 0.1) is 6.10 Å². The van der Waals surface area contributed by atoms with Crippen molar-refractivity contribution < 1.29 is 5.11 Å². The molecule has 0 bridgehead atoms. The third kappa shape index (κ3) is 5.58. The molecule has 0 unspecified atom stereocenters. The average Bonchev–Trinajstić information content (AvgIpc) is 2.41. The summed E-state index contributed by atoms with van der Waals surface area (Å²) in [5, 5.41) is 9.78. The SMILES string of the molecule is CC/C=C/C=C/C=C/C=C/[C@H]1CC[C@@H](O)[C@@H](C)N1C. The fourth-order valence-corrected chi connectivity index (χ4v) is 2.26. The molecule has 0 amide bonds. The second-order valence-electron chi connectivity index (χ2n) is 5.11. The molecule has 0 aromatic rings. The molecule has 0 aromatic carbocycles. The Morgan fingerprint density at radius 1 is 1.05 bits per heavy atom. The maximum atomic E-state index is 9.78. The van der Waals surface area contributed by atoms with Gasteiger partial charge in [-0.2, -0.15) is 0 Å². The van der Waals surface area contributed by atoms with Gasteiger partial charge in [-0.3, -0.25) is 4.90 Å².